The molecule has 1 saturated carbocycles. The van der Waals surface area contributed by atoms with Crippen molar-refractivity contribution < 1.29 is 14.6 Å². The van der Waals surface area contributed by atoms with Crippen LogP contribution in [0.5, 0.6) is 0 Å². The van der Waals surface area contributed by atoms with Crippen LogP contribution in [0.15, 0.2) is 40.2 Å². The second-order valence-corrected chi connectivity index (χ2v) is 11.1. The lowest BCUT2D eigenvalue weighted by Gasteiger charge is -2.30. The van der Waals surface area contributed by atoms with Gasteiger partial charge in [-0.05, 0) is 69.6 Å². The molecular formula is C37H69N5O3. The topological polar surface area (TPSA) is 94.6 Å². The Morgan fingerprint density at radius 3 is 2.33 bits per heavy atom. The van der Waals surface area contributed by atoms with E-state index in [1.54, 1.807) is 0 Å². The Balaban J connectivity index is 0. The summed E-state index contributed by atoms with van der Waals surface area (Å²) in [6.45, 7) is 29.4. The monoisotopic (exact) mass is 632 g/mol. The lowest BCUT2D eigenvalue weighted by molar-refractivity contribution is -0.132. The van der Waals surface area contributed by atoms with E-state index in [0.29, 0.717) is 5.92 Å². The molecule has 260 valence electrons. The van der Waals surface area contributed by atoms with E-state index in [9.17, 15) is 4.79 Å². The number of nitrogens with zero attached hydrogens (tertiary/aromatic N) is 4. The van der Waals surface area contributed by atoms with Crippen molar-refractivity contribution in [2.75, 3.05) is 52.5 Å². The largest absolute Gasteiger partial charge is 0.462 e. The molecule has 0 bridgehead atoms. The second kappa shape index (κ2) is 27.5. The molecule has 1 amide bonds. The number of carbonyl (C=O) groups is 1. The molecule has 8 nitrogen and oxygen atoms in total. The van der Waals surface area contributed by atoms with Crippen LogP contribution >= 0.6 is 0 Å². The first kappa shape index (κ1) is 44.4. The molecule has 1 saturated heterocycles. The lowest BCUT2D eigenvalue weighted by Crippen LogP contribution is -2.39. The SMILES string of the molecule is C#CO.C/C=N\N(CC1CC1)C(CC)C1=C(N)C=C(C)C(C(=O)N2CCCN(CCOCC(C)C)CC2)C=C1.CC.CC.CC. The van der Waals surface area contributed by atoms with Crippen LogP contribution < -0.4 is 5.73 Å². The molecule has 0 aromatic heterocycles. The number of ether oxygens (including phenoxy) is 1. The summed E-state index contributed by atoms with van der Waals surface area (Å²) in [5.41, 5.74) is 9.45. The van der Waals surface area contributed by atoms with E-state index in [1.165, 1.54) is 18.9 Å². The Kier molecular flexibility index (Phi) is 27.2. The molecule has 0 radical (unpaired) electrons. The Morgan fingerprint density at radius 1 is 1.18 bits per heavy atom. The number of amides is 1. The Labute approximate surface area is 277 Å². The summed E-state index contributed by atoms with van der Waals surface area (Å²) < 4.78 is 5.77. The van der Waals surface area contributed by atoms with Crippen molar-refractivity contribution in [2.24, 2.45) is 28.6 Å². The summed E-state index contributed by atoms with van der Waals surface area (Å²) in [7, 11) is 0. The van der Waals surface area contributed by atoms with Crippen LogP contribution in [-0.4, -0.2) is 90.6 Å². The van der Waals surface area contributed by atoms with Crippen molar-refractivity contribution in [3.63, 3.8) is 0 Å². The minimum Gasteiger partial charge on any atom is -0.462 e. The number of hydrazone groups is 1. The van der Waals surface area contributed by atoms with E-state index in [0.717, 1.165) is 88.1 Å². The third-order valence-electron chi connectivity index (χ3n) is 7.36. The Hall–Kier alpha value is -2.76. The van der Waals surface area contributed by atoms with Crippen molar-refractivity contribution in [3.05, 3.63) is 35.1 Å². The lowest BCUT2D eigenvalue weighted by atomic mass is 9.98. The minimum absolute atomic E-state index is 0.112. The fourth-order valence-electron chi connectivity index (χ4n) is 5.13. The first-order chi connectivity index (χ1) is 21.7. The third kappa shape index (κ3) is 17.5. The number of carbonyl (C=O) groups excluding carboxylic acids is 1. The van der Waals surface area contributed by atoms with Crippen molar-refractivity contribution in [1.82, 2.24) is 14.8 Å². The van der Waals surface area contributed by atoms with Crippen LogP contribution in [0.2, 0.25) is 0 Å². The molecule has 1 aliphatic heterocycles. The molecule has 0 aromatic rings. The van der Waals surface area contributed by atoms with E-state index >= 15 is 0 Å². The number of allylic oxidation sites excluding steroid dienone is 1. The number of terminal acetylenes is 1. The van der Waals surface area contributed by atoms with Crippen LogP contribution in [0.1, 0.15) is 102 Å². The Morgan fingerprint density at radius 2 is 1.80 bits per heavy atom. The van der Waals surface area contributed by atoms with Gasteiger partial charge in [-0.3, -0.25) is 14.7 Å². The van der Waals surface area contributed by atoms with Crippen LogP contribution in [0.25, 0.3) is 0 Å². The zero-order chi connectivity index (χ0) is 34.8. The summed E-state index contributed by atoms with van der Waals surface area (Å²) in [6, 6.07) is 0.112. The third-order valence-corrected chi connectivity index (χ3v) is 7.36. The minimum atomic E-state index is -0.272. The van der Waals surface area contributed by atoms with Crippen LogP contribution in [0.3, 0.4) is 0 Å². The fraction of sp³-hybridized carbons (Fsp3) is 0.730. The predicted molar refractivity (Wildman–Crippen MR) is 193 cm³/mol. The van der Waals surface area contributed by atoms with Crippen molar-refractivity contribution in [3.8, 4) is 12.5 Å². The van der Waals surface area contributed by atoms with Crippen molar-refractivity contribution in [2.45, 2.75) is 108 Å². The molecule has 8 heteroatoms. The smallest absolute Gasteiger partial charge is 0.233 e. The number of nitrogens with two attached hydrogens (primary N) is 1. The van der Waals surface area contributed by atoms with E-state index in [-0.39, 0.29) is 17.9 Å². The van der Waals surface area contributed by atoms with Gasteiger partial charge in [0.25, 0.3) is 0 Å². The maximum Gasteiger partial charge on any atom is 0.233 e. The maximum absolute atomic E-state index is 13.7. The molecule has 2 fully saturated rings. The first-order valence-corrected chi connectivity index (χ1v) is 17.5. The predicted octanol–water partition coefficient (Wildman–Crippen LogP) is 7.06. The molecular weight excluding hydrogens is 562 g/mol. The van der Waals surface area contributed by atoms with Gasteiger partial charge in [-0.2, -0.15) is 5.10 Å². The highest BCUT2D eigenvalue weighted by Gasteiger charge is 2.31. The van der Waals surface area contributed by atoms with Crippen molar-refractivity contribution in [1.29, 1.82) is 0 Å². The van der Waals surface area contributed by atoms with Gasteiger partial charge in [-0.25, -0.2) is 0 Å². The van der Waals surface area contributed by atoms with E-state index < -0.39 is 0 Å². The van der Waals surface area contributed by atoms with Gasteiger partial charge in [0.1, 0.15) is 6.11 Å². The molecule has 0 spiro atoms. The quantitative estimate of drug-likeness (QED) is 0.104. The normalized spacial score (nSPS) is 18.7. The molecule has 2 aliphatic carbocycles. The fourth-order valence-corrected chi connectivity index (χ4v) is 5.13. The molecule has 3 rings (SSSR count). The number of aliphatic hydroxyl groups is 1. The molecule has 2 atom stereocenters. The Bertz CT molecular complexity index is 931. The number of aliphatic hydroxyl groups excluding tert-OH is 1. The first-order valence-electron chi connectivity index (χ1n) is 17.5. The molecule has 2 unspecified atom stereocenters. The number of hydrogen-bond acceptors (Lipinski definition) is 7. The molecule has 3 aliphatic rings. The van der Waals surface area contributed by atoms with Gasteiger partial charge in [-0.15, -0.1) is 0 Å². The van der Waals surface area contributed by atoms with E-state index in [4.69, 9.17) is 20.7 Å². The van der Waals surface area contributed by atoms with E-state index in [2.05, 4.69) is 49.3 Å². The standard InChI is InChI=1S/C29H49N5O2.C2H2O.3C2H6/c1-6-28(34(31-7-2)20-24-9-10-24)26-12-11-25(23(5)19-27(26)30)29(35)33-14-8-13-32(15-16-33)17-18-36-21-22(3)4;1-2-3;3*1-2/h7,11-12,19,22,24-25,28H,6,8-10,13-18,20-21,30H2,1-5H3;1,3H;3*1-2H3/b31-7-;;;;. The van der Waals surface area contributed by atoms with Gasteiger partial charge in [-0.1, -0.05) is 86.5 Å². The van der Waals surface area contributed by atoms with Crippen molar-refractivity contribution >= 4 is 12.1 Å². The van der Waals surface area contributed by atoms with Gasteiger partial charge in [0.2, 0.25) is 5.91 Å². The highest BCUT2D eigenvalue weighted by molar-refractivity contribution is 5.84. The second-order valence-electron chi connectivity index (χ2n) is 11.1. The highest BCUT2D eigenvalue weighted by atomic mass is 16.5. The zero-order valence-corrected chi connectivity index (χ0v) is 30.8. The summed E-state index contributed by atoms with van der Waals surface area (Å²) >= 11 is 0. The van der Waals surface area contributed by atoms with Crippen LogP contribution in [0.4, 0.5) is 0 Å². The summed E-state index contributed by atoms with van der Waals surface area (Å²) in [5, 5.41) is 14.0. The van der Waals surface area contributed by atoms with E-state index in [1.807, 2.05) is 72.6 Å². The van der Waals surface area contributed by atoms with Gasteiger partial charge < -0.3 is 20.5 Å². The highest BCUT2D eigenvalue weighted by Crippen LogP contribution is 2.33. The molecule has 1 heterocycles. The molecule has 45 heavy (non-hydrogen) atoms. The summed E-state index contributed by atoms with van der Waals surface area (Å²) in [6.07, 6.45) is 17.9. The van der Waals surface area contributed by atoms with Gasteiger partial charge >= 0.3 is 0 Å². The van der Waals surface area contributed by atoms with Gasteiger partial charge in [0.15, 0.2) is 0 Å². The average Bonchev–Trinajstić information content (AvgIpc) is 3.90. The van der Waals surface area contributed by atoms with Crippen LogP contribution in [0, 0.1) is 30.3 Å². The summed E-state index contributed by atoms with van der Waals surface area (Å²) in [4.78, 5) is 18.1. The average molecular weight is 632 g/mol. The van der Waals surface area contributed by atoms with Gasteiger partial charge in [0, 0.05) is 51.2 Å². The van der Waals surface area contributed by atoms with Gasteiger partial charge in [0.05, 0.1) is 18.6 Å². The number of rotatable bonds is 12. The zero-order valence-electron chi connectivity index (χ0n) is 30.8. The molecule has 0 aromatic carbocycles. The summed E-state index contributed by atoms with van der Waals surface area (Å²) in [5.74, 6) is 1.20. The maximum atomic E-state index is 13.7. The number of hydrogen-bond donors (Lipinski definition) is 2. The van der Waals surface area contributed by atoms with Crippen LogP contribution in [-0.2, 0) is 9.53 Å². The molecule has 3 N–H and O–H groups in total.